The first-order valence-corrected chi connectivity index (χ1v) is 5.19. The summed E-state index contributed by atoms with van der Waals surface area (Å²) in [6, 6.07) is 9.96. The van der Waals surface area contributed by atoms with E-state index in [4.69, 9.17) is 0 Å². The van der Waals surface area contributed by atoms with Crippen LogP contribution in [0.25, 0.3) is 6.08 Å². The van der Waals surface area contributed by atoms with Crippen molar-refractivity contribution in [3.63, 3.8) is 0 Å². The van der Waals surface area contributed by atoms with Crippen LogP contribution in [0, 0.1) is 0 Å². The van der Waals surface area contributed by atoms with Crippen molar-refractivity contribution >= 4 is 18.1 Å². The molecular formula is C14H14O2. The Labute approximate surface area is 95.3 Å². The molecule has 16 heavy (non-hydrogen) atoms. The zero-order chi connectivity index (χ0) is 11.6. The molecule has 0 unspecified atom stereocenters. The first-order valence-electron chi connectivity index (χ1n) is 5.19. The Balaban J connectivity index is 2.29. The number of Topliss-reactive ketones (excluding diaryl/α,β-unsaturated/α-hetero) is 1. The van der Waals surface area contributed by atoms with E-state index in [2.05, 4.69) is 0 Å². The number of hydrogen-bond donors (Lipinski definition) is 0. The third-order valence-electron chi connectivity index (χ3n) is 2.02. The highest BCUT2D eigenvalue weighted by Crippen LogP contribution is 2.01. The number of allylic oxidation sites excluding steroid dienone is 3. The summed E-state index contributed by atoms with van der Waals surface area (Å²) in [4.78, 5) is 20.7. The van der Waals surface area contributed by atoms with Gasteiger partial charge in [-0.05, 0) is 12.0 Å². The van der Waals surface area contributed by atoms with Gasteiger partial charge < -0.3 is 0 Å². The molecule has 0 spiro atoms. The second-order valence-electron chi connectivity index (χ2n) is 3.32. The number of benzene rings is 1. The summed E-state index contributed by atoms with van der Waals surface area (Å²) in [7, 11) is 0. The first kappa shape index (κ1) is 12.1. The van der Waals surface area contributed by atoms with E-state index in [-0.39, 0.29) is 5.78 Å². The van der Waals surface area contributed by atoms with Gasteiger partial charge in [0.15, 0.2) is 12.1 Å². The number of carbonyl (C=O) groups is 2. The Morgan fingerprint density at radius 1 is 1.12 bits per heavy atom. The summed E-state index contributed by atoms with van der Waals surface area (Å²) in [5, 5.41) is 0. The molecule has 0 N–H and O–H groups in total. The second-order valence-corrected chi connectivity index (χ2v) is 3.32. The molecule has 0 saturated heterocycles. The number of aldehydes is 1. The molecule has 0 fully saturated rings. The molecule has 0 bridgehead atoms. The third kappa shape index (κ3) is 5.05. The Bertz CT molecular complexity index is 388. The molecule has 2 nitrogen and oxygen atoms in total. The van der Waals surface area contributed by atoms with Crippen LogP contribution >= 0.6 is 0 Å². The zero-order valence-corrected chi connectivity index (χ0v) is 9.00. The van der Waals surface area contributed by atoms with Crippen LogP contribution in [0.4, 0.5) is 0 Å². The highest BCUT2D eigenvalue weighted by atomic mass is 16.2. The van der Waals surface area contributed by atoms with Gasteiger partial charge >= 0.3 is 0 Å². The molecule has 0 aromatic heterocycles. The van der Waals surface area contributed by atoms with Gasteiger partial charge in [-0.3, -0.25) is 9.59 Å². The van der Waals surface area contributed by atoms with Crippen LogP contribution in [0.2, 0.25) is 0 Å². The quantitative estimate of drug-likeness (QED) is 0.414. The lowest BCUT2D eigenvalue weighted by Crippen LogP contribution is -1.96. The molecule has 0 heterocycles. The molecule has 0 amide bonds. The van der Waals surface area contributed by atoms with Crippen molar-refractivity contribution in [1.82, 2.24) is 0 Å². The van der Waals surface area contributed by atoms with E-state index in [0.29, 0.717) is 19.1 Å². The van der Waals surface area contributed by atoms with Crippen molar-refractivity contribution in [3.8, 4) is 0 Å². The van der Waals surface area contributed by atoms with E-state index in [1.807, 2.05) is 54.6 Å². The molecule has 0 aliphatic rings. The molecule has 1 aromatic rings. The smallest absolute Gasteiger partial charge is 0.195 e. The van der Waals surface area contributed by atoms with Crippen molar-refractivity contribution in [2.24, 2.45) is 0 Å². The third-order valence-corrected chi connectivity index (χ3v) is 2.02. The van der Waals surface area contributed by atoms with Crippen LogP contribution in [0.15, 0.2) is 48.6 Å². The molecule has 0 radical (unpaired) electrons. The summed E-state index contributed by atoms with van der Waals surface area (Å²) < 4.78 is 0. The fourth-order valence-corrected chi connectivity index (χ4v) is 1.19. The highest BCUT2D eigenvalue weighted by Gasteiger charge is 1.94. The van der Waals surface area contributed by atoms with E-state index in [1.165, 1.54) is 0 Å². The van der Waals surface area contributed by atoms with Crippen LogP contribution in [-0.2, 0) is 9.59 Å². The highest BCUT2D eigenvalue weighted by molar-refractivity contribution is 6.24. The van der Waals surface area contributed by atoms with Gasteiger partial charge in [0.05, 0.1) is 0 Å². The first-order chi connectivity index (χ1) is 7.83. The summed E-state index contributed by atoms with van der Waals surface area (Å²) in [6.45, 7) is 0. The summed E-state index contributed by atoms with van der Waals surface area (Å²) in [5.74, 6) is -0.350. The Hall–Kier alpha value is -1.96. The Kier molecular flexibility index (Phi) is 5.56. The van der Waals surface area contributed by atoms with Crippen molar-refractivity contribution < 1.29 is 9.59 Å². The minimum atomic E-state index is -0.350. The summed E-state index contributed by atoms with van der Waals surface area (Å²) >= 11 is 0. The molecular weight excluding hydrogens is 200 g/mol. The van der Waals surface area contributed by atoms with Gasteiger partial charge in [-0.25, -0.2) is 0 Å². The fourth-order valence-electron chi connectivity index (χ4n) is 1.19. The minimum absolute atomic E-state index is 0.291. The summed E-state index contributed by atoms with van der Waals surface area (Å²) in [5.41, 5.74) is 1.14. The maximum absolute atomic E-state index is 10.6. The molecule has 0 atom stereocenters. The van der Waals surface area contributed by atoms with Gasteiger partial charge in [-0.1, -0.05) is 54.6 Å². The molecule has 0 aliphatic heterocycles. The molecule has 0 aliphatic carbocycles. The minimum Gasteiger partial charge on any atom is -0.295 e. The van der Waals surface area contributed by atoms with E-state index in [9.17, 15) is 9.59 Å². The van der Waals surface area contributed by atoms with Gasteiger partial charge in [-0.2, -0.15) is 0 Å². The van der Waals surface area contributed by atoms with Gasteiger partial charge in [0, 0.05) is 6.42 Å². The van der Waals surface area contributed by atoms with E-state index in [0.717, 1.165) is 5.56 Å². The zero-order valence-electron chi connectivity index (χ0n) is 9.00. The van der Waals surface area contributed by atoms with Gasteiger partial charge in [0.1, 0.15) is 0 Å². The standard InChI is InChI=1S/C14H14O2/c15-12-14(16)11-7-2-1-4-8-13-9-5-3-6-10-13/h1-6,8-10,12H,7,11H2/b2-1?,8-4+. The predicted octanol–water partition coefficient (Wildman–Crippen LogP) is 2.80. The molecule has 1 rings (SSSR count). The topological polar surface area (TPSA) is 34.1 Å². The normalized spacial score (nSPS) is 11.0. The van der Waals surface area contributed by atoms with Crippen LogP contribution in [0.1, 0.15) is 18.4 Å². The van der Waals surface area contributed by atoms with Crippen molar-refractivity contribution in [2.75, 3.05) is 0 Å². The van der Waals surface area contributed by atoms with Crippen molar-refractivity contribution in [2.45, 2.75) is 12.8 Å². The lowest BCUT2D eigenvalue weighted by Gasteiger charge is -1.89. The van der Waals surface area contributed by atoms with Crippen LogP contribution < -0.4 is 0 Å². The Morgan fingerprint density at radius 2 is 1.88 bits per heavy atom. The lowest BCUT2D eigenvalue weighted by molar-refractivity contribution is -0.129. The number of rotatable bonds is 6. The number of hydrogen-bond acceptors (Lipinski definition) is 2. The fraction of sp³-hybridized carbons (Fsp3) is 0.143. The van der Waals surface area contributed by atoms with E-state index in [1.54, 1.807) is 0 Å². The van der Waals surface area contributed by atoms with Crippen LogP contribution in [-0.4, -0.2) is 12.1 Å². The summed E-state index contributed by atoms with van der Waals surface area (Å²) in [6.07, 6.45) is 8.92. The predicted molar refractivity (Wildman–Crippen MR) is 64.9 cm³/mol. The SMILES string of the molecule is O=CC(=O)CCC=C/C=C/c1ccccc1. The molecule has 0 saturated carbocycles. The number of carbonyl (C=O) groups excluding carboxylic acids is 2. The van der Waals surface area contributed by atoms with Crippen LogP contribution in [0.5, 0.6) is 0 Å². The maximum Gasteiger partial charge on any atom is 0.195 e. The van der Waals surface area contributed by atoms with Gasteiger partial charge in [0.25, 0.3) is 0 Å². The maximum atomic E-state index is 10.6. The van der Waals surface area contributed by atoms with E-state index >= 15 is 0 Å². The molecule has 2 heteroatoms. The Morgan fingerprint density at radius 3 is 2.56 bits per heavy atom. The van der Waals surface area contributed by atoms with Crippen molar-refractivity contribution in [1.29, 1.82) is 0 Å². The van der Waals surface area contributed by atoms with Crippen LogP contribution in [0.3, 0.4) is 0 Å². The molecule has 82 valence electrons. The molecule has 1 aromatic carbocycles. The second kappa shape index (κ2) is 7.35. The number of ketones is 1. The van der Waals surface area contributed by atoms with Gasteiger partial charge in [-0.15, -0.1) is 0 Å². The van der Waals surface area contributed by atoms with Crippen molar-refractivity contribution in [3.05, 3.63) is 54.1 Å². The van der Waals surface area contributed by atoms with Gasteiger partial charge in [0.2, 0.25) is 0 Å². The average molecular weight is 214 g/mol. The van der Waals surface area contributed by atoms with E-state index < -0.39 is 0 Å². The monoisotopic (exact) mass is 214 g/mol. The largest absolute Gasteiger partial charge is 0.295 e. The lowest BCUT2D eigenvalue weighted by atomic mass is 10.2. The average Bonchev–Trinajstić information content (AvgIpc) is 2.34.